The van der Waals surface area contributed by atoms with Crippen molar-refractivity contribution < 1.29 is 19.4 Å². The number of hydrogen-bond acceptors (Lipinski definition) is 5. The standard InChI is InChI=1S/C22H37N3O4/c1-5-23-22(24-15-9-7-6-8-10-21(27)28-4)25-16-20(26)18-11-13-19(14-12-18)29-17(2)3/h11-14,17,20,26H,5-10,15-16H2,1-4H3,(H2,23,24,25). The van der Waals surface area contributed by atoms with Crippen molar-refractivity contribution >= 4 is 11.9 Å². The predicted molar refractivity (Wildman–Crippen MR) is 116 cm³/mol. The highest BCUT2D eigenvalue weighted by atomic mass is 16.5. The van der Waals surface area contributed by atoms with Crippen LogP contribution in [0.4, 0.5) is 0 Å². The molecule has 0 aromatic heterocycles. The van der Waals surface area contributed by atoms with E-state index in [0.29, 0.717) is 12.4 Å². The third kappa shape index (κ3) is 11.3. The lowest BCUT2D eigenvalue weighted by Crippen LogP contribution is -2.38. The molecule has 29 heavy (non-hydrogen) atoms. The number of carbonyl (C=O) groups is 1. The van der Waals surface area contributed by atoms with Gasteiger partial charge in [0.2, 0.25) is 0 Å². The largest absolute Gasteiger partial charge is 0.491 e. The van der Waals surface area contributed by atoms with E-state index in [9.17, 15) is 9.90 Å². The summed E-state index contributed by atoms with van der Waals surface area (Å²) in [6.45, 7) is 7.79. The minimum atomic E-state index is -0.670. The topological polar surface area (TPSA) is 92.2 Å². The van der Waals surface area contributed by atoms with E-state index >= 15 is 0 Å². The van der Waals surface area contributed by atoms with E-state index in [1.165, 1.54) is 7.11 Å². The first kappa shape index (κ1) is 24.8. The van der Waals surface area contributed by atoms with Crippen molar-refractivity contribution in [2.24, 2.45) is 4.99 Å². The van der Waals surface area contributed by atoms with Crippen molar-refractivity contribution in [2.45, 2.75) is 65.1 Å². The summed E-state index contributed by atoms with van der Waals surface area (Å²) in [5.41, 5.74) is 0.811. The van der Waals surface area contributed by atoms with Crippen LogP contribution in [0.1, 0.15) is 64.5 Å². The Morgan fingerprint density at radius 2 is 1.79 bits per heavy atom. The van der Waals surface area contributed by atoms with Gasteiger partial charge in [-0.05, 0) is 51.3 Å². The maximum Gasteiger partial charge on any atom is 0.305 e. The number of unbranched alkanes of at least 4 members (excludes halogenated alkanes) is 3. The normalized spacial score (nSPS) is 12.6. The lowest BCUT2D eigenvalue weighted by molar-refractivity contribution is -0.140. The van der Waals surface area contributed by atoms with Crippen LogP contribution in [0.5, 0.6) is 5.75 Å². The van der Waals surface area contributed by atoms with Gasteiger partial charge >= 0.3 is 5.97 Å². The van der Waals surface area contributed by atoms with Gasteiger partial charge in [0, 0.05) is 19.5 Å². The van der Waals surface area contributed by atoms with E-state index in [4.69, 9.17) is 4.74 Å². The van der Waals surface area contributed by atoms with Gasteiger partial charge in [0.1, 0.15) is 5.75 Å². The van der Waals surface area contributed by atoms with Crippen molar-refractivity contribution in [3.63, 3.8) is 0 Å². The molecule has 164 valence electrons. The number of carbonyl (C=O) groups excluding carboxylic acids is 1. The van der Waals surface area contributed by atoms with Crippen LogP contribution in [0.2, 0.25) is 0 Å². The number of hydrogen-bond donors (Lipinski definition) is 3. The maximum absolute atomic E-state index is 11.1. The van der Waals surface area contributed by atoms with Crippen LogP contribution in [-0.4, -0.2) is 49.9 Å². The molecule has 0 aliphatic rings. The Hall–Kier alpha value is -2.28. The van der Waals surface area contributed by atoms with Gasteiger partial charge in [-0.3, -0.25) is 9.79 Å². The molecule has 1 unspecified atom stereocenters. The fourth-order valence-electron chi connectivity index (χ4n) is 2.72. The third-order valence-electron chi connectivity index (χ3n) is 4.23. The van der Waals surface area contributed by atoms with Crippen LogP contribution in [0.25, 0.3) is 0 Å². The summed E-state index contributed by atoms with van der Waals surface area (Å²) in [5, 5.41) is 16.9. The summed E-state index contributed by atoms with van der Waals surface area (Å²) >= 11 is 0. The van der Waals surface area contributed by atoms with Crippen LogP contribution in [0.15, 0.2) is 29.3 Å². The number of aliphatic hydroxyl groups is 1. The third-order valence-corrected chi connectivity index (χ3v) is 4.23. The van der Waals surface area contributed by atoms with Gasteiger partial charge < -0.3 is 25.2 Å². The first-order chi connectivity index (χ1) is 14.0. The summed E-state index contributed by atoms with van der Waals surface area (Å²) in [7, 11) is 1.42. The Morgan fingerprint density at radius 3 is 2.41 bits per heavy atom. The smallest absolute Gasteiger partial charge is 0.305 e. The molecule has 0 aliphatic heterocycles. The highest BCUT2D eigenvalue weighted by Gasteiger charge is 2.08. The molecule has 7 nitrogen and oxygen atoms in total. The lowest BCUT2D eigenvalue weighted by atomic mass is 10.1. The Labute approximate surface area is 174 Å². The number of benzene rings is 1. The fraction of sp³-hybridized carbons (Fsp3) is 0.636. The molecule has 1 rings (SSSR count). The molecule has 0 aliphatic carbocycles. The first-order valence-corrected chi connectivity index (χ1v) is 10.5. The number of ether oxygens (including phenoxy) is 2. The Bertz CT molecular complexity index is 603. The molecule has 0 heterocycles. The molecule has 1 aromatic rings. The minimum absolute atomic E-state index is 0.122. The van der Waals surface area contributed by atoms with Crippen LogP contribution in [0, 0.1) is 0 Å². The van der Waals surface area contributed by atoms with Crippen LogP contribution in [0.3, 0.4) is 0 Å². The second kappa shape index (κ2) is 14.7. The van der Waals surface area contributed by atoms with Crippen LogP contribution in [-0.2, 0) is 9.53 Å². The molecular formula is C22H37N3O4. The van der Waals surface area contributed by atoms with Crippen molar-refractivity contribution in [2.75, 3.05) is 26.7 Å². The summed E-state index contributed by atoms with van der Waals surface area (Å²) in [6, 6.07) is 7.47. The second-order valence-corrected chi connectivity index (χ2v) is 7.14. The quantitative estimate of drug-likeness (QED) is 0.201. The average molecular weight is 408 g/mol. The molecule has 1 atom stereocenters. The van der Waals surface area contributed by atoms with Gasteiger partial charge in [0.15, 0.2) is 5.96 Å². The summed E-state index contributed by atoms with van der Waals surface area (Å²) in [6.07, 6.45) is 3.82. The number of esters is 1. The van der Waals surface area contributed by atoms with E-state index in [1.807, 2.05) is 45.0 Å². The van der Waals surface area contributed by atoms with E-state index in [2.05, 4.69) is 20.4 Å². The predicted octanol–water partition coefficient (Wildman–Crippen LogP) is 3.19. The minimum Gasteiger partial charge on any atom is -0.491 e. The molecule has 0 saturated heterocycles. The highest BCUT2D eigenvalue weighted by Crippen LogP contribution is 2.19. The Morgan fingerprint density at radius 1 is 1.10 bits per heavy atom. The average Bonchev–Trinajstić information content (AvgIpc) is 2.70. The fourth-order valence-corrected chi connectivity index (χ4v) is 2.72. The molecular weight excluding hydrogens is 370 g/mol. The molecule has 7 heteroatoms. The number of aliphatic hydroxyl groups excluding tert-OH is 1. The summed E-state index contributed by atoms with van der Waals surface area (Å²) < 4.78 is 10.3. The van der Waals surface area contributed by atoms with Gasteiger partial charge in [-0.2, -0.15) is 0 Å². The van der Waals surface area contributed by atoms with Gasteiger partial charge in [0.25, 0.3) is 0 Å². The monoisotopic (exact) mass is 407 g/mol. The van der Waals surface area contributed by atoms with Gasteiger partial charge in [-0.15, -0.1) is 0 Å². The van der Waals surface area contributed by atoms with Gasteiger partial charge in [-0.25, -0.2) is 0 Å². The van der Waals surface area contributed by atoms with E-state index in [0.717, 1.165) is 50.1 Å². The molecule has 0 bridgehead atoms. The first-order valence-electron chi connectivity index (χ1n) is 10.5. The molecule has 3 N–H and O–H groups in total. The molecule has 1 aromatic carbocycles. The van der Waals surface area contributed by atoms with Crippen molar-refractivity contribution in [3.8, 4) is 5.75 Å². The van der Waals surface area contributed by atoms with Crippen molar-refractivity contribution in [3.05, 3.63) is 29.8 Å². The van der Waals surface area contributed by atoms with Crippen LogP contribution >= 0.6 is 0 Å². The number of rotatable bonds is 13. The van der Waals surface area contributed by atoms with Crippen molar-refractivity contribution in [1.29, 1.82) is 0 Å². The number of nitrogens with one attached hydrogen (secondary N) is 2. The molecule has 0 fully saturated rings. The zero-order chi connectivity index (χ0) is 21.5. The Balaban J connectivity index is 2.37. The Kier molecular flexibility index (Phi) is 12.5. The highest BCUT2D eigenvalue weighted by molar-refractivity contribution is 5.79. The number of methoxy groups -OCH3 is 1. The number of guanidine groups is 1. The van der Waals surface area contributed by atoms with E-state index in [-0.39, 0.29) is 18.6 Å². The van der Waals surface area contributed by atoms with E-state index < -0.39 is 6.10 Å². The lowest BCUT2D eigenvalue weighted by Gasteiger charge is -2.14. The summed E-state index contributed by atoms with van der Waals surface area (Å²) in [4.78, 5) is 15.5. The molecule has 0 radical (unpaired) electrons. The zero-order valence-corrected chi connectivity index (χ0v) is 18.2. The van der Waals surface area contributed by atoms with E-state index in [1.54, 1.807) is 0 Å². The SMILES string of the molecule is CCNC(=NCC(O)c1ccc(OC(C)C)cc1)NCCCCCCC(=O)OC. The second-order valence-electron chi connectivity index (χ2n) is 7.14. The zero-order valence-electron chi connectivity index (χ0n) is 18.2. The number of nitrogens with zero attached hydrogens (tertiary/aromatic N) is 1. The molecule has 0 amide bonds. The molecule has 0 saturated carbocycles. The molecule has 0 spiro atoms. The number of aliphatic imine (C=N–C) groups is 1. The van der Waals surface area contributed by atoms with Gasteiger partial charge in [0.05, 0.1) is 25.9 Å². The van der Waals surface area contributed by atoms with Crippen LogP contribution < -0.4 is 15.4 Å². The maximum atomic E-state index is 11.1. The van der Waals surface area contributed by atoms with Crippen molar-refractivity contribution in [1.82, 2.24) is 10.6 Å². The van der Waals surface area contributed by atoms with Gasteiger partial charge in [-0.1, -0.05) is 25.0 Å². The summed E-state index contributed by atoms with van der Waals surface area (Å²) in [5.74, 6) is 1.34.